The van der Waals surface area contributed by atoms with Crippen LogP contribution in [0.25, 0.3) is 10.9 Å². The van der Waals surface area contributed by atoms with E-state index in [0.717, 1.165) is 17.4 Å². The first-order valence-electron chi connectivity index (χ1n) is 5.30. The van der Waals surface area contributed by atoms with Crippen molar-refractivity contribution < 1.29 is 9.18 Å². The van der Waals surface area contributed by atoms with Gasteiger partial charge in [-0.25, -0.2) is 4.39 Å². The van der Waals surface area contributed by atoms with Gasteiger partial charge in [-0.15, -0.1) is 0 Å². The molecule has 0 radical (unpaired) electrons. The molecule has 0 aliphatic rings. The SMILES string of the molecule is Cc1cc(F)cc2c(C=O)cn(C(C)C)c12. The number of nitrogens with zero attached hydrogens (tertiary/aromatic N) is 1. The van der Waals surface area contributed by atoms with Crippen molar-refractivity contribution in [3.05, 3.63) is 35.3 Å². The molecule has 0 aliphatic heterocycles. The second-order valence-corrected chi connectivity index (χ2v) is 4.32. The van der Waals surface area contributed by atoms with Crippen LogP contribution in [0.15, 0.2) is 18.3 Å². The predicted octanol–water partition coefficient (Wildman–Crippen LogP) is 3.48. The predicted molar refractivity (Wildman–Crippen MR) is 62.4 cm³/mol. The van der Waals surface area contributed by atoms with Crippen LogP contribution in [0.4, 0.5) is 4.39 Å². The van der Waals surface area contributed by atoms with Crippen molar-refractivity contribution in [2.75, 3.05) is 0 Å². The molecule has 0 amide bonds. The number of benzene rings is 1. The van der Waals surface area contributed by atoms with Crippen LogP contribution in [-0.2, 0) is 0 Å². The van der Waals surface area contributed by atoms with Crippen molar-refractivity contribution in [2.24, 2.45) is 0 Å². The maximum absolute atomic E-state index is 13.3. The molecule has 0 fully saturated rings. The van der Waals surface area contributed by atoms with Gasteiger partial charge < -0.3 is 4.57 Å². The zero-order valence-electron chi connectivity index (χ0n) is 9.62. The summed E-state index contributed by atoms with van der Waals surface area (Å²) in [7, 11) is 0. The summed E-state index contributed by atoms with van der Waals surface area (Å²) in [6, 6.07) is 3.17. The van der Waals surface area contributed by atoms with E-state index < -0.39 is 0 Å². The van der Waals surface area contributed by atoms with E-state index in [1.807, 2.05) is 25.3 Å². The summed E-state index contributed by atoms with van der Waals surface area (Å²) in [4.78, 5) is 10.9. The number of aldehydes is 1. The van der Waals surface area contributed by atoms with Crippen LogP contribution in [0.2, 0.25) is 0 Å². The molecule has 0 unspecified atom stereocenters. The van der Waals surface area contributed by atoms with Crippen LogP contribution in [-0.4, -0.2) is 10.9 Å². The van der Waals surface area contributed by atoms with E-state index in [4.69, 9.17) is 0 Å². The van der Waals surface area contributed by atoms with Gasteiger partial charge in [0.25, 0.3) is 0 Å². The van der Waals surface area contributed by atoms with Crippen molar-refractivity contribution >= 4 is 17.2 Å². The zero-order chi connectivity index (χ0) is 11.9. The van der Waals surface area contributed by atoms with Crippen molar-refractivity contribution in [3.63, 3.8) is 0 Å². The summed E-state index contributed by atoms with van der Waals surface area (Å²) >= 11 is 0. The van der Waals surface area contributed by atoms with Gasteiger partial charge in [-0.2, -0.15) is 0 Å². The molecule has 1 aromatic carbocycles. The first-order chi connectivity index (χ1) is 7.54. The van der Waals surface area contributed by atoms with E-state index in [-0.39, 0.29) is 11.9 Å². The molecule has 0 aliphatic carbocycles. The van der Waals surface area contributed by atoms with Crippen molar-refractivity contribution in [1.29, 1.82) is 0 Å². The number of hydrogen-bond donors (Lipinski definition) is 0. The van der Waals surface area contributed by atoms with Gasteiger partial charge in [-0.1, -0.05) is 0 Å². The monoisotopic (exact) mass is 219 g/mol. The summed E-state index contributed by atoms with van der Waals surface area (Å²) in [5.74, 6) is -0.297. The minimum atomic E-state index is -0.297. The summed E-state index contributed by atoms with van der Waals surface area (Å²) in [5, 5.41) is 0.696. The molecular formula is C13H14FNO. The van der Waals surface area contributed by atoms with Gasteiger partial charge in [0.2, 0.25) is 0 Å². The number of fused-ring (bicyclic) bond motifs is 1. The summed E-state index contributed by atoms with van der Waals surface area (Å²) in [6.45, 7) is 5.94. The lowest BCUT2D eigenvalue weighted by Gasteiger charge is -2.10. The van der Waals surface area contributed by atoms with Gasteiger partial charge in [0.15, 0.2) is 6.29 Å². The number of hydrogen-bond acceptors (Lipinski definition) is 1. The normalized spacial score (nSPS) is 11.3. The minimum Gasteiger partial charge on any atom is -0.344 e. The Bertz CT molecular complexity index is 555. The van der Waals surface area contributed by atoms with Crippen LogP contribution in [0, 0.1) is 12.7 Å². The Kier molecular flexibility index (Phi) is 2.54. The van der Waals surface area contributed by atoms with Crippen LogP contribution < -0.4 is 0 Å². The maximum atomic E-state index is 13.3. The second kappa shape index (κ2) is 3.74. The topological polar surface area (TPSA) is 22.0 Å². The number of halogens is 1. The van der Waals surface area contributed by atoms with Crippen LogP contribution in [0.5, 0.6) is 0 Å². The second-order valence-electron chi connectivity index (χ2n) is 4.32. The largest absolute Gasteiger partial charge is 0.344 e. The van der Waals surface area contributed by atoms with Gasteiger partial charge >= 0.3 is 0 Å². The maximum Gasteiger partial charge on any atom is 0.152 e. The van der Waals surface area contributed by atoms with E-state index >= 15 is 0 Å². The molecule has 84 valence electrons. The van der Waals surface area contributed by atoms with Gasteiger partial charge in [0, 0.05) is 23.2 Å². The fourth-order valence-corrected chi connectivity index (χ4v) is 2.08. The van der Waals surface area contributed by atoms with Gasteiger partial charge in [0.1, 0.15) is 5.82 Å². The Hall–Kier alpha value is -1.64. The van der Waals surface area contributed by atoms with E-state index in [9.17, 15) is 9.18 Å². The average molecular weight is 219 g/mol. The van der Waals surface area contributed by atoms with Gasteiger partial charge in [-0.05, 0) is 38.5 Å². The van der Waals surface area contributed by atoms with Crippen molar-refractivity contribution in [2.45, 2.75) is 26.8 Å². The Morgan fingerprint density at radius 1 is 1.38 bits per heavy atom. The Morgan fingerprint density at radius 3 is 2.62 bits per heavy atom. The average Bonchev–Trinajstić information content (AvgIpc) is 2.56. The van der Waals surface area contributed by atoms with Crippen LogP contribution >= 0.6 is 0 Å². The Balaban J connectivity index is 2.90. The number of carbonyl (C=O) groups is 1. The Morgan fingerprint density at radius 2 is 2.06 bits per heavy atom. The fourth-order valence-electron chi connectivity index (χ4n) is 2.08. The standard InChI is InChI=1S/C13H14FNO/c1-8(2)15-6-10(7-16)12-5-11(14)4-9(3)13(12)15/h4-8H,1-3H3. The lowest BCUT2D eigenvalue weighted by Crippen LogP contribution is -1.99. The van der Waals surface area contributed by atoms with E-state index in [1.165, 1.54) is 12.1 Å². The number of carbonyl (C=O) groups excluding carboxylic acids is 1. The lowest BCUT2D eigenvalue weighted by atomic mass is 10.1. The molecule has 16 heavy (non-hydrogen) atoms. The minimum absolute atomic E-state index is 0.250. The highest BCUT2D eigenvalue weighted by Gasteiger charge is 2.13. The van der Waals surface area contributed by atoms with E-state index in [0.29, 0.717) is 10.9 Å². The fraction of sp³-hybridized carbons (Fsp3) is 0.308. The molecular weight excluding hydrogens is 205 g/mol. The number of aromatic nitrogens is 1. The van der Waals surface area contributed by atoms with Crippen molar-refractivity contribution in [1.82, 2.24) is 4.57 Å². The smallest absolute Gasteiger partial charge is 0.152 e. The molecule has 0 spiro atoms. The molecule has 2 nitrogen and oxygen atoms in total. The molecule has 0 saturated carbocycles. The van der Waals surface area contributed by atoms with Crippen LogP contribution in [0.3, 0.4) is 0 Å². The van der Waals surface area contributed by atoms with Gasteiger partial charge in [-0.3, -0.25) is 4.79 Å². The molecule has 2 rings (SSSR count). The molecule has 3 heteroatoms. The highest BCUT2D eigenvalue weighted by atomic mass is 19.1. The molecule has 0 N–H and O–H groups in total. The summed E-state index contributed by atoms with van der Waals surface area (Å²) in [6.07, 6.45) is 2.56. The lowest BCUT2D eigenvalue weighted by molar-refractivity contribution is 0.112. The number of aryl methyl sites for hydroxylation is 1. The number of rotatable bonds is 2. The van der Waals surface area contributed by atoms with E-state index in [1.54, 1.807) is 6.20 Å². The van der Waals surface area contributed by atoms with Gasteiger partial charge in [0.05, 0.1) is 5.52 Å². The van der Waals surface area contributed by atoms with Crippen molar-refractivity contribution in [3.8, 4) is 0 Å². The molecule has 1 heterocycles. The quantitative estimate of drug-likeness (QED) is 0.709. The molecule has 0 bridgehead atoms. The third kappa shape index (κ3) is 1.52. The highest BCUT2D eigenvalue weighted by molar-refractivity contribution is 5.99. The molecule has 1 aromatic heterocycles. The summed E-state index contributed by atoms with van der Waals surface area (Å²) < 4.78 is 15.3. The first kappa shape index (κ1) is 10.9. The molecule has 2 aromatic rings. The molecule has 0 atom stereocenters. The third-order valence-corrected chi connectivity index (χ3v) is 2.80. The van der Waals surface area contributed by atoms with Crippen LogP contribution in [0.1, 0.15) is 35.8 Å². The Labute approximate surface area is 93.7 Å². The molecule has 0 saturated heterocycles. The highest BCUT2D eigenvalue weighted by Crippen LogP contribution is 2.27. The zero-order valence-corrected chi connectivity index (χ0v) is 9.62. The third-order valence-electron chi connectivity index (χ3n) is 2.80. The van der Waals surface area contributed by atoms with E-state index in [2.05, 4.69) is 0 Å². The summed E-state index contributed by atoms with van der Waals surface area (Å²) in [5.41, 5.74) is 2.35. The first-order valence-corrected chi connectivity index (χ1v) is 5.30.